The van der Waals surface area contributed by atoms with Gasteiger partial charge in [-0.05, 0) is 24.4 Å². The number of aromatic amines is 1. The van der Waals surface area contributed by atoms with E-state index in [1.807, 2.05) is 23.4 Å². The van der Waals surface area contributed by atoms with Crippen LogP contribution >= 0.6 is 35.3 Å². The number of aryl methyl sites for hydroxylation is 1. The van der Waals surface area contributed by atoms with Gasteiger partial charge in [-0.25, -0.2) is 4.98 Å². The van der Waals surface area contributed by atoms with E-state index in [-0.39, 0.29) is 0 Å². The second-order valence-corrected chi connectivity index (χ2v) is 6.53. The number of nitrogens with one attached hydrogen (secondary N) is 1. The molecular weight excluding hydrogens is 284 g/mol. The van der Waals surface area contributed by atoms with Crippen LogP contribution in [-0.4, -0.2) is 25.5 Å². The van der Waals surface area contributed by atoms with Crippen molar-refractivity contribution in [3.8, 4) is 10.7 Å². The van der Waals surface area contributed by atoms with Crippen LogP contribution in [0, 0.1) is 4.77 Å². The second kappa shape index (κ2) is 5.99. The van der Waals surface area contributed by atoms with Crippen molar-refractivity contribution >= 4 is 35.3 Å². The summed E-state index contributed by atoms with van der Waals surface area (Å²) in [5.41, 5.74) is 1.11. The van der Waals surface area contributed by atoms with Gasteiger partial charge >= 0.3 is 0 Å². The summed E-state index contributed by atoms with van der Waals surface area (Å²) in [5.74, 6) is 2.98. The van der Waals surface area contributed by atoms with Gasteiger partial charge in [-0.1, -0.05) is 13.8 Å². The molecule has 4 nitrogen and oxygen atoms in total. The maximum absolute atomic E-state index is 5.16. The molecule has 0 fully saturated rings. The van der Waals surface area contributed by atoms with Crippen LogP contribution in [0.3, 0.4) is 0 Å². The molecule has 0 saturated carbocycles. The third kappa shape index (κ3) is 2.67. The largest absolute Gasteiger partial charge is 0.303 e. The highest BCUT2D eigenvalue weighted by molar-refractivity contribution is 7.98. The lowest BCUT2D eigenvalue weighted by Crippen LogP contribution is -1.93. The Morgan fingerprint density at radius 3 is 2.78 bits per heavy atom. The molecule has 0 spiro atoms. The van der Waals surface area contributed by atoms with Crippen LogP contribution in [0.2, 0.25) is 0 Å². The first-order valence-electron chi connectivity index (χ1n) is 5.85. The van der Waals surface area contributed by atoms with Crippen LogP contribution in [0.4, 0.5) is 0 Å². The Morgan fingerprint density at radius 2 is 2.22 bits per heavy atom. The number of hydrogen-bond acceptors (Lipinski definition) is 5. The van der Waals surface area contributed by atoms with Crippen molar-refractivity contribution in [3.05, 3.63) is 15.5 Å². The molecule has 2 aromatic rings. The minimum absolute atomic E-state index is 0.643. The lowest BCUT2D eigenvalue weighted by Gasteiger charge is -1.98. The molecule has 0 aliphatic carbocycles. The molecule has 0 bridgehead atoms. The number of H-pyrrole nitrogens is 1. The number of rotatable bonds is 5. The van der Waals surface area contributed by atoms with Gasteiger partial charge in [0.1, 0.15) is 5.01 Å². The van der Waals surface area contributed by atoms with E-state index in [9.17, 15) is 0 Å². The van der Waals surface area contributed by atoms with Crippen LogP contribution in [0.25, 0.3) is 10.7 Å². The summed E-state index contributed by atoms with van der Waals surface area (Å²) < 4.78 is 2.54. The quantitative estimate of drug-likeness (QED) is 0.860. The zero-order chi connectivity index (χ0) is 13.1. The molecule has 18 heavy (non-hydrogen) atoms. The standard InChI is InChI=1S/C11H16N4S3/c1-4-7-9(10-13-14-11(16)15(10)3)18-8(12-7)6-17-5-2/h4-6H2,1-3H3,(H,14,16). The predicted octanol–water partition coefficient (Wildman–Crippen LogP) is 3.42. The van der Waals surface area contributed by atoms with Crippen LogP contribution < -0.4 is 0 Å². The fraction of sp³-hybridized carbons (Fsp3) is 0.545. The molecular formula is C11H16N4S3. The van der Waals surface area contributed by atoms with Gasteiger partial charge in [-0.2, -0.15) is 16.9 Å². The Labute approximate surface area is 120 Å². The van der Waals surface area contributed by atoms with E-state index >= 15 is 0 Å². The summed E-state index contributed by atoms with van der Waals surface area (Å²) in [6.07, 6.45) is 0.919. The van der Waals surface area contributed by atoms with Gasteiger partial charge in [0.25, 0.3) is 0 Å². The second-order valence-electron chi connectivity index (χ2n) is 3.79. The molecule has 1 N–H and O–H groups in total. The molecule has 2 heterocycles. The Bertz CT molecular complexity index is 581. The highest BCUT2D eigenvalue weighted by atomic mass is 32.2. The molecule has 2 aromatic heterocycles. The van der Waals surface area contributed by atoms with Gasteiger partial charge in [0.15, 0.2) is 10.6 Å². The lowest BCUT2D eigenvalue weighted by molar-refractivity contribution is 0.900. The van der Waals surface area contributed by atoms with E-state index in [0.29, 0.717) is 4.77 Å². The summed E-state index contributed by atoms with van der Waals surface area (Å²) in [5, 5.41) is 8.29. The first-order chi connectivity index (χ1) is 8.67. The van der Waals surface area contributed by atoms with Crippen molar-refractivity contribution in [1.82, 2.24) is 19.7 Å². The maximum Gasteiger partial charge on any atom is 0.195 e. The Morgan fingerprint density at radius 1 is 1.44 bits per heavy atom. The van der Waals surface area contributed by atoms with E-state index in [1.165, 1.54) is 5.01 Å². The number of hydrogen-bond donors (Lipinski definition) is 1. The number of aromatic nitrogens is 4. The Kier molecular flexibility index (Phi) is 4.58. The molecule has 0 amide bonds. The topological polar surface area (TPSA) is 46.5 Å². The van der Waals surface area contributed by atoms with E-state index in [4.69, 9.17) is 12.2 Å². The molecule has 98 valence electrons. The molecule has 0 atom stereocenters. The monoisotopic (exact) mass is 300 g/mol. The molecule has 0 unspecified atom stereocenters. The third-order valence-corrected chi connectivity index (χ3v) is 5.12. The van der Waals surface area contributed by atoms with E-state index in [1.54, 1.807) is 11.3 Å². The summed E-state index contributed by atoms with van der Waals surface area (Å²) in [7, 11) is 1.93. The first kappa shape index (κ1) is 13.8. The van der Waals surface area contributed by atoms with Gasteiger partial charge in [0, 0.05) is 12.8 Å². The van der Waals surface area contributed by atoms with Crippen LogP contribution in [0.15, 0.2) is 0 Å². The summed E-state index contributed by atoms with van der Waals surface area (Å²) in [4.78, 5) is 5.83. The van der Waals surface area contributed by atoms with Gasteiger partial charge in [-0.3, -0.25) is 5.10 Å². The van der Waals surface area contributed by atoms with Gasteiger partial charge in [0.2, 0.25) is 0 Å². The summed E-state index contributed by atoms with van der Waals surface area (Å²) in [6.45, 7) is 4.29. The molecule has 0 aromatic carbocycles. The normalized spacial score (nSPS) is 11.1. The van der Waals surface area contributed by atoms with E-state index in [0.717, 1.165) is 34.3 Å². The molecule has 2 rings (SSSR count). The van der Waals surface area contributed by atoms with Crippen molar-refractivity contribution in [2.45, 2.75) is 26.0 Å². The zero-order valence-corrected chi connectivity index (χ0v) is 13.1. The molecule has 0 aliphatic heterocycles. The van der Waals surface area contributed by atoms with E-state index < -0.39 is 0 Å². The zero-order valence-electron chi connectivity index (χ0n) is 10.7. The van der Waals surface area contributed by atoms with Crippen LogP contribution in [-0.2, 0) is 19.2 Å². The summed E-state index contributed by atoms with van der Waals surface area (Å²) in [6, 6.07) is 0. The van der Waals surface area contributed by atoms with E-state index in [2.05, 4.69) is 29.0 Å². The number of nitrogens with zero attached hydrogens (tertiary/aromatic N) is 3. The number of thioether (sulfide) groups is 1. The molecule has 0 aliphatic rings. The fourth-order valence-electron chi connectivity index (χ4n) is 1.62. The average molecular weight is 300 g/mol. The van der Waals surface area contributed by atoms with Crippen molar-refractivity contribution in [3.63, 3.8) is 0 Å². The lowest BCUT2D eigenvalue weighted by atomic mass is 10.3. The van der Waals surface area contributed by atoms with Crippen molar-refractivity contribution < 1.29 is 0 Å². The van der Waals surface area contributed by atoms with Crippen molar-refractivity contribution in [1.29, 1.82) is 0 Å². The van der Waals surface area contributed by atoms with Crippen molar-refractivity contribution in [2.24, 2.45) is 7.05 Å². The third-order valence-electron chi connectivity index (χ3n) is 2.59. The minimum Gasteiger partial charge on any atom is -0.303 e. The minimum atomic E-state index is 0.643. The van der Waals surface area contributed by atoms with Gasteiger partial charge < -0.3 is 4.57 Å². The fourth-order valence-corrected chi connectivity index (χ4v) is 3.65. The SMILES string of the molecule is CCSCc1nc(CC)c(-c2n[nH]c(=S)n2C)s1. The Hall–Kier alpha value is -0.660. The first-order valence-corrected chi connectivity index (χ1v) is 8.23. The smallest absolute Gasteiger partial charge is 0.195 e. The highest BCUT2D eigenvalue weighted by Crippen LogP contribution is 2.30. The molecule has 0 radical (unpaired) electrons. The maximum atomic E-state index is 5.16. The molecule has 7 heteroatoms. The predicted molar refractivity (Wildman–Crippen MR) is 80.7 cm³/mol. The Balaban J connectivity index is 2.40. The van der Waals surface area contributed by atoms with Crippen LogP contribution in [0.1, 0.15) is 24.5 Å². The van der Waals surface area contributed by atoms with Gasteiger partial charge in [0.05, 0.1) is 10.6 Å². The van der Waals surface area contributed by atoms with Gasteiger partial charge in [-0.15, -0.1) is 11.3 Å². The summed E-state index contributed by atoms with van der Waals surface area (Å²) >= 11 is 8.77. The van der Waals surface area contributed by atoms with Crippen LogP contribution in [0.5, 0.6) is 0 Å². The number of thiazole rings is 1. The highest BCUT2D eigenvalue weighted by Gasteiger charge is 2.16. The van der Waals surface area contributed by atoms with Crippen molar-refractivity contribution in [2.75, 3.05) is 5.75 Å². The molecule has 0 saturated heterocycles. The average Bonchev–Trinajstić information content (AvgIpc) is 2.92.